The van der Waals surface area contributed by atoms with E-state index in [0.29, 0.717) is 35.3 Å². The number of halogens is 2. The van der Waals surface area contributed by atoms with Crippen LogP contribution in [0, 0.1) is 0 Å². The highest BCUT2D eigenvalue weighted by Crippen LogP contribution is 2.39. The van der Waals surface area contributed by atoms with Crippen molar-refractivity contribution < 1.29 is 14.3 Å². The van der Waals surface area contributed by atoms with E-state index in [2.05, 4.69) is 22.2 Å². The number of fused-ring (bicyclic) bond motifs is 2. The SMILES string of the molecule is CN1CC[C@@H](NC(=O)c2ccc3c(c2Cl)OCCO3)C[C@@H]1c1nc2cc(Cl)ccc2[nH]1. The van der Waals surface area contributed by atoms with Gasteiger partial charge in [-0.3, -0.25) is 9.69 Å². The molecule has 1 fully saturated rings. The Balaban J connectivity index is 1.33. The highest BCUT2D eigenvalue weighted by molar-refractivity contribution is 6.35. The Morgan fingerprint density at radius 2 is 2.06 bits per heavy atom. The predicted molar refractivity (Wildman–Crippen MR) is 119 cm³/mol. The lowest BCUT2D eigenvalue weighted by molar-refractivity contribution is 0.0883. The normalized spacial score (nSPS) is 21.3. The molecule has 2 N–H and O–H groups in total. The standard InChI is InChI=1S/C22H22Cl2N4O3/c1-28-7-6-13(11-17(28)21-26-15-4-2-12(23)10-16(15)27-21)25-22(29)14-3-5-18-20(19(14)24)31-9-8-30-18/h2-5,10,13,17H,6-9,11H2,1H3,(H,25,29)(H,26,27)/t13-,17-/m1/s1. The Morgan fingerprint density at radius 3 is 2.94 bits per heavy atom. The molecule has 31 heavy (non-hydrogen) atoms. The largest absolute Gasteiger partial charge is 0.486 e. The summed E-state index contributed by atoms with van der Waals surface area (Å²) in [7, 11) is 2.07. The fourth-order valence-electron chi connectivity index (χ4n) is 4.21. The molecule has 0 radical (unpaired) electrons. The van der Waals surface area contributed by atoms with Crippen LogP contribution in [0.25, 0.3) is 11.0 Å². The fraction of sp³-hybridized carbons (Fsp3) is 0.364. The number of carbonyl (C=O) groups excluding carboxylic acids is 1. The second-order valence-electron chi connectivity index (χ2n) is 7.93. The molecule has 3 aromatic rings. The lowest BCUT2D eigenvalue weighted by Crippen LogP contribution is -2.45. The van der Waals surface area contributed by atoms with E-state index in [1.54, 1.807) is 12.1 Å². The molecule has 0 spiro atoms. The molecule has 0 saturated carbocycles. The van der Waals surface area contributed by atoms with Gasteiger partial charge >= 0.3 is 0 Å². The summed E-state index contributed by atoms with van der Waals surface area (Å²) < 4.78 is 11.1. The van der Waals surface area contributed by atoms with E-state index in [1.165, 1.54) is 0 Å². The molecule has 7 nitrogen and oxygen atoms in total. The lowest BCUT2D eigenvalue weighted by Gasteiger charge is -2.36. The van der Waals surface area contributed by atoms with Gasteiger partial charge in [0.25, 0.3) is 5.91 Å². The quantitative estimate of drug-likeness (QED) is 0.611. The molecule has 1 amide bonds. The van der Waals surface area contributed by atoms with Crippen LogP contribution >= 0.6 is 23.2 Å². The van der Waals surface area contributed by atoms with E-state index in [0.717, 1.165) is 36.2 Å². The smallest absolute Gasteiger partial charge is 0.253 e. The number of hydrogen-bond donors (Lipinski definition) is 2. The van der Waals surface area contributed by atoms with Gasteiger partial charge in [0.1, 0.15) is 19.0 Å². The Labute approximate surface area is 189 Å². The number of H-pyrrole nitrogens is 1. The van der Waals surface area contributed by atoms with Crippen molar-refractivity contribution in [2.24, 2.45) is 0 Å². The molecule has 0 bridgehead atoms. The van der Waals surface area contributed by atoms with E-state index in [4.69, 9.17) is 37.7 Å². The van der Waals surface area contributed by atoms with E-state index in [-0.39, 0.29) is 23.0 Å². The van der Waals surface area contributed by atoms with Gasteiger partial charge in [0.2, 0.25) is 0 Å². The summed E-state index contributed by atoms with van der Waals surface area (Å²) in [6.07, 6.45) is 1.57. The zero-order valence-electron chi connectivity index (χ0n) is 17.0. The van der Waals surface area contributed by atoms with Gasteiger partial charge in [-0.1, -0.05) is 23.2 Å². The minimum absolute atomic E-state index is 0.00484. The number of likely N-dealkylation sites (tertiary alicyclic amines) is 1. The summed E-state index contributed by atoms with van der Waals surface area (Å²) in [6.45, 7) is 1.72. The summed E-state index contributed by atoms with van der Waals surface area (Å²) in [5.41, 5.74) is 2.17. The van der Waals surface area contributed by atoms with Gasteiger partial charge in [0, 0.05) is 17.6 Å². The van der Waals surface area contributed by atoms with Crippen molar-refractivity contribution >= 4 is 40.1 Å². The average Bonchev–Trinajstić information content (AvgIpc) is 3.18. The molecule has 162 valence electrons. The molecular formula is C22H22Cl2N4O3. The maximum absolute atomic E-state index is 13.0. The topological polar surface area (TPSA) is 79.5 Å². The van der Waals surface area contributed by atoms with Gasteiger partial charge in [-0.15, -0.1) is 0 Å². The number of benzene rings is 2. The first-order valence-electron chi connectivity index (χ1n) is 10.2. The van der Waals surface area contributed by atoms with Crippen LogP contribution in [0.4, 0.5) is 0 Å². The number of carbonyl (C=O) groups is 1. The molecule has 3 heterocycles. The predicted octanol–water partition coefficient (Wildman–Crippen LogP) is 4.21. The van der Waals surface area contributed by atoms with E-state index in [9.17, 15) is 4.79 Å². The maximum Gasteiger partial charge on any atom is 0.253 e. The first-order valence-corrected chi connectivity index (χ1v) is 11.0. The number of rotatable bonds is 3. The van der Waals surface area contributed by atoms with Crippen molar-refractivity contribution in [3.05, 3.63) is 51.8 Å². The van der Waals surface area contributed by atoms with Gasteiger partial charge in [0.05, 0.1) is 27.7 Å². The van der Waals surface area contributed by atoms with Crippen LogP contribution in [-0.4, -0.2) is 53.6 Å². The molecule has 2 aromatic carbocycles. The first-order chi connectivity index (χ1) is 15.0. The van der Waals surface area contributed by atoms with Gasteiger partial charge in [-0.05, 0) is 50.2 Å². The lowest BCUT2D eigenvalue weighted by atomic mass is 9.96. The third-order valence-electron chi connectivity index (χ3n) is 5.88. The molecule has 0 unspecified atom stereocenters. The Bertz CT molecular complexity index is 1150. The number of piperidine rings is 1. The van der Waals surface area contributed by atoms with Crippen LogP contribution < -0.4 is 14.8 Å². The third kappa shape index (κ3) is 3.93. The van der Waals surface area contributed by atoms with Crippen LogP contribution in [0.2, 0.25) is 10.0 Å². The second kappa shape index (κ2) is 8.22. The van der Waals surface area contributed by atoms with Gasteiger partial charge in [-0.2, -0.15) is 0 Å². The van der Waals surface area contributed by atoms with Crippen molar-refractivity contribution in [3.8, 4) is 11.5 Å². The first kappa shape index (κ1) is 20.4. The summed E-state index contributed by atoms with van der Waals surface area (Å²) in [5, 5.41) is 4.08. The number of hydrogen-bond acceptors (Lipinski definition) is 5. The maximum atomic E-state index is 13.0. The number of amides is 1. The van der Waals surface area contributed by atoms with Crippen molar-refractivity contribution in [1.29, 1.82) is 0 Å². The Morgan fingerprint density at radius 1 is 1.23 bits per heavy atom. The number of nitrogens with zero attached hydrogens (tertiary/aromatic N) is 2. The zero-order valence-corrected chi connectivity index (χ0v) is 18.5. The summed E-state index contributed by atoms with van der Waals surface area (Å²) in [5.74, 6) is 1.66. The summed E-state index contributed by atoms with van der Waals surface area (Å²) in [6, 6.07) is 9.09. The van der Waals surface area contributed by atoms with Crippen LogP contribution in [-0.2, 0) is 0 Å². The van der Waals surface area contributed by atoms with Crippen molar-refractivity contribution in [2.45, 2.75) is 24.9 Å². The molecule has 1 aromatic heterocycles. The molecule has 5 rings (SSSR count). The van der Waals surface area contributed by atoms with E-state index < -0.39 is 0 Å². The van der Waals surface area contributed by atoms with Crippen molar-refractivity contribution in [3.63, 3.8) is 0 Å². The highest BCUT2D eigenvalue weighted by atomic mass is 35.5. The highest BCUT2D eigenvalue weighted by Gasteiger charge is 2.31. The van der Waals surface area contributed by atoms with Gasteiger partial charge < -0.3 is 19.8 Å². The molecule has 2 aliphatic rings. The number of aromatic nitrogens is 2. The van der Waals surface area contributed by atoms with Crippen LogP contribution in [0.15, 0.2) is 30.3 Å². The monoisotopic (exact) mass is 460 g/mol. The van der Waals surface area contributed by atoms with Crippen LogP contribution in [0.1, 0.15) is 35.1 Å². The third-order valence-corrected chi connectivity index (χ3v) is 6.49. The molecule has 9 heteroatoms. The molecular weight excluding hydrogens is 439 g/mol. The van der Waals surface area contributed by atoms with E-state index in [1.807, 2.05) is 18.2 Å². The Hall–Kier alpha value is -2.48. The fourth-order valence-corrected chi connectivity index (χ4v) is 4.67. The molecule has 2 aliphatic heterocycles. The molecule has 1 saturated heterocycles. The van der Waals surface area contributed by atoms with E-state index >= 15 is 0 Å². The van der Waals surface area contributed by atoms with Crippen LogP contribution in [0.3, 0.4) is 0 Å². The number of imidazole rings is 1. The minimum Gasteiger partial charge on any atom is -0.486 e. The summed E-state index contributed by atoms with van der Waals surface area (Å²) in [4.78, 5) is 23.4. The van der Waals surface area contributed by atoms with Gasteiger partial charge in [0.15, 0.2) is 11.5 Å². The van der Waals surface area contributed by atoms with Crippen LogP contribution in [0.5, 0.6) is 11.5 Å². The number of aromatic amines is 1. The second-order valence-corrected chi connectivity index (χ2v) is 8.74. The average molecular weight is 461 g/mol. The minimum atomic E-state index is -0.216. The summed E-state index contributed by atoms with van der Waals surface area (Å²) >= 11 is 12.5. The Kier molecular flexibility index (Phi) is 5.42. The number of ether oxygens (including phenoxy) is 2. The zero-order chi connectivity index (χ0) is 21.5. The molecule has 0 aliphatic carbocycles. The number of nitrogens with one attached hydrogen (secondary N) is 2. The van der Waals surface area contributed by atoms with Crippen molar-refractivity contribution in [2.75, 3.05) is 26.8 Å². The van der Waals surface area contributed by atoms with Crippen molar-refractivity contribution in [1.82, 2.24) is 20.2 Å². The van der Waals surface area contributed by atoms with Gasteiger partial charge in [-0.25, -0.2) is 4.98 Å². The molecule has 2 atom stereocenters.